The van der Waals surface area contributed by atoms with E-state index in [1.54, 1.807) is 42.7 Å². The molecule has 0 bridgehead atoms. The fourth-order valence-electron chi connectivity index (χ4n) is 3.23. The predicted octanol–water partition coefficient (Wildman–Crippen LogP) is 2.59. The molecule has 2 aromatic rings. The summed E-state index contributed by atoms with van der Waals surface area (Å²) in [6, 6.07) is 10.5. The van der Waals surface area contributed by atoms with Crippen molar-refractivity contribution >= 4 is 28.5 Å². The zero-order valence-electron chi connectivity index (χ0n) is 20.2. The van der Waals surface area contributed by atoms with Crippen LogP contribution >= 0.6 is 0 Å². The van der Waals surface area contributed by atoms with Gasteiger partial charge in [-0.25, -0.2) is 8.51 Å². The first-order chi connectivity index (χ1) is 15.6. The van der Waals surface area contributed by atoms with Gasteiger partial charge < -0.3 is 20.3 Å². The number of methoxy groups -OCH3 is 1. The Morgan fingerprint density at radius 2 is 1.61 bits per heavy atom. The molecule has 2 aromatic carbocycles. The van der Waals surface area contributed by atoms with Crippen LogP contribution in [0.3, 0.4) is 0 Å². The predicted molar refractivity (Wildman–Crippen MR) is 132 cm³/mol. The van der Waals surface area contributed by atoms with Crippen LogP contribution in [0.4, 0.5) is 5.69 Å². The van der Waals surface area contributed by atoms with Crippen LogP contribution < -0.4 is 15.4 Å². The minimum absolute atomic E-state index is 0.150. The van der Waals surface area contributed by atoms with E-state index in [-0.39, 0.29) is 18.2 Å². The second kappa shape index (κ2) is 12.5. The van der Waals surface area contributed by atoms with Gasteiger partial charge in [-0.3, -0.25) is 9.59 Å². The molecule has 2 rings (SSSR count). The van der Waals surface area contributed by atoms with Gasteiger partial charge in [-0.05, 0) is 75.5 Å². The summed E-state index contributed by atoms with van der Waals surface area (Å²) < 4.78 is 19.9. The van der Waals surface area contributed by atoms with Gasteiger partial charge in [0.15, 0.2) is 0 Å². The fourth-order valence-corrected chi connectivity index (χ4v) is 4.46. The molecular weight excluding hydrogens is 440 g/mol. The van der Waals surface area contributed by atoms with Gasteiger partial charge in [0.25, 0.3) is 5.91 Å². The van der Waals surface area contributed by atoms with Crippen LogP contribution in [0.1, 0.15) is 27.9 Å². The number of likely N-dealkylation sites (N-methyl/N-ethyl adjacent to an activating group) is 1. The number of carbonyl (C=O) groups is 2. The number of nitrogens with one attached hydrogen (secondary N) is 2. The van der Waals surface area contributed by atoms with Crippen LogP contribution in [0.25, 0.3) is 0 Å². The van der Waals surface area contributed by atoms with E-state index in [9.17, 15) is 13.8 Å². The second-order valence-corrected chi connectivity index (χ2v) is 9.66. The lowest BCUT2D eigenvalue weighted by Crippen LogP contribution is -2.31. The first-order valence-corrected chi connectivity index (χ1v) is 11.8. The van der Waals surface area contributed by atoms with Crippen molar-refractivity contribution in [3.05, 3.63) is 53.1 Å². The van der Waals surface area contributed by atoms with Crippen LogP contribution in [-0.2, 0) is 15.8 Å². The summed E-state index contributed by atoms with van der Waals surface area (Å²) in [4.78, 5) is 27.2. The topological polar surface area (TPSA) is 91.0 Å². The summed E-state index contributed by atoms with van der Waals surface area (Å²) in [6.45, 7) is 5.45. The average Bonchev–Trinajstić information content (AvgIpc) is 2.76. The summed E-state index contributed by atoms with van der Waals surface area (Å²) in [6.07, 6.45) is 0.184. The Morgan fingerprint density at radius 3 is 2.15 bits per heavy atom. The molecule has 1 atom stereocenters. The van der Waals surface area contributed by atoms with Crippen molar-refractivity contribution in [3.8, 4) is 5.75 Å². The smallest absolute Gasteiger partial charge is 0.251 e. The third kappa shape index (κ3) is 7.96. The Labute approximate surface area is 198 Å². The van der Waals surface area contributed by atoms with Gasteiger partial charge in [0.2, 0.25) is 5.91 Å². The number of anilines is 1. The molecule has 0 heterocycles. The number of aryl methyl sites for hydroxylation is 2. The lowest BCUT2D eigenvalue weighted by molar-refractivity contribution is -0.116. The Bertz CT molecular complexity index is 969. The highest BCUT2D eigenvalue weighted by atomic mass is 32.2. The van der Waals surface area contributed by atoms with Crippen LogP contribution in [0.2, 0.25) is 0 Å². The van der Waals surface area contributed by atoms with E-state index in [2.05, 4.69) is 10.6 Å². The van der Waals surface area contributed by atoms with Crippen molar-refractivity contribution < 1.29 is 18.5 Å². The Kier molecular flexibility index (Phi) is 10.0. The van der Waals surface area contributed by atoms with Crippen molar-refractivity contribution in [2.75, 3.05) is 53.2 Å². The monoisotopic (exact) mass is 474 g/mol. The molecule has 0 fully saturated rings. The van der Waals surface area contributed by atoms with Gasteiger partial charge in [-0.1, -0.05) is 0 Å². The van der Waals surface area contributed by atoms with Gasteiger partial charge in [0.05, 0.1) is 12.0 Å². The molecule has 0 aromatic heterocycles. The van der Waals surface area contributed by atoms with E-state index in [1.807, 2.05) is 45.0 Å². The lowest BCUT2D eigenvalue weighted by atomic mass is 10.1. The fraction of sp³-hybridized carbons (Fsp3) is 0.417. The number of hydrogen-bond donors (Lipinski definition) is 2. The third-order valence-corrected chi connectivity index (χ3v) is 6.80. The molecule has 8 nitrogen and oxygen atoms in total. The minimum Gasteiger partial charge on any atom is -0.497 e. The standard InChI is InChI=1S/C24H34N4O4S/c1-17-15-21(32-6)16-18(2)23(17)33(31)28(5)13-11-22(29)26-20-9-7-19(8-10-20)24(30)25-12-14-27(3)4/h7-10,15-16H,11-14H2,1-6H3,(H,25,30)(H,26,29). The maximum Gasteiger partial charge on any atom is 0.251 e. The maximum absolute atomic E-state index is 13.0. The summed E-state index contributed by atoms with van der Waals surface area (Å²) in [5, 5.41) is 5.67. The number of benzene rings is 2. The molecule has 180 valence electrons. The zero-order valence-corrected chi connectivity index (χ0v) is 21.0. The van der Waals surface area contributed by atoms with Crippen molar-refractivity contribution in [1.29, 1.82) is 0 Å². The highest BCUT2D eigenvalue weighted by molar-refractivity contribution is 7.82. The van der Waals surface area contributed by atoms with E-state index >= 15 is 0 Å². The quantitative estimate of drug-likeness (QED) is 0.522. The van der Waals surface area contributed by atoms with E-state index in [1.165, 1.54) is 0 Å². The van der Waals surface area contributed by atoms with Gasteiger partial charge in [-0.2, -0.15) is 0 Å². The molecular formula is C24H34N4O4S. The molecule has 0 aliphatic carbocycles. The molecule has 0 saturated carbocycles. The third-order valence-electron chi connectivity index (χ3n) is 5.06. The molecule has 0 saturated heterocycles. The van der Waals surface area contributed by atoms with E-state index in [0.717, 1.165) is 28.3 Å². The van der Waals surface area contributed by atoms with Crippen molar-refractivity contribution in [3.63, 3.8) is 0 Å². The number of carbonyl (C=O) groups excluding carboxylic acids is 2. The van der Waals surface area contributed by atoms with Crippen LogP contribution in [0, 0.1) is 13.8 Å². The van der Waals surface area contributed by atoms with Gasteiger partial charge in [0.1, 0.15) is 16.7 Å². The SMILES string of the molecule is COc1cc(C)c(S(=O)N(C)CCC(=O)Nc2ccc(C(=O)NCCN(C)C)cc2)c(C)c1. The normalized spacial score (nSPS) is 12.0. The lowest BCUT2D eigenvalue weighted by Gasteiger charge is -2.19. The number of hydrogen-bond acceptors (Lipinski definition) is 5. The Hall–Kier alpha value is -2.75. The Balaban J connectivity index is 1.87. The highest BCUT2D eigenvalue weighted by Crippen LogP contribution is 2.25. The molecule has 2 amide bonds. The molecule has 0 aliphatic rings. The highest BCUT2D eigenvalue weighted by Gasteiger charge is 2.18. The average molecular weight is 475 g/mol. The molecule has 33 heavy (non-hydrogen) atoms. The summed E-state index contributed by atoms with van der Waals surface area (Å²) in [7, 11) is 5.83. The van der Waals surface area contributed by atoms with Crippen LogP contribution in [0.5, 0.6) is 5.75 Å². The second-order valence-electron chi connectivity index (χ2n) is 8.13. The molecule has 9 heteroatoms. The summed E-state index contributed by atoms with van der Waals surface area (Å²) in [5.74, 6) is 0.387. The summed E-state index contributed by atoms with van der Waals surface area (Å²) in [5.41, 5.74) is 2.90. The first kappa shape index (κ1) is 26.5. The van der Waals surface area contributed by atoms with Gasteiger partial charge in [0, 0.05) is 44.4 Å². The van der Waals surface area contributed by atoms with E-state index < -0.39 is 11.0 Å². The summed E-state index contributed by atoms with van der Waals surface area (Å²) >= 11 is 0. The van der Waals surface area contributed by atoms with Crippen molar-refractivity contribution in [1.82, 2.24) is 14.5 Å². The minimum atomic E-state index is -1.39. The molecule has 0 spiro atoms. The van der Waals surface area contributed by atoms with Gasteiger partial charge in [-0.15, -0.1) is 0 Å². The molecule has 1 unspecified atom stereocenters. The number of nitrogens with zero attached hydrogens (tertiary/aromatic N) is 2. The maximum atomic E-state index is 13.0. The number of rotatable bonds is 11. The van der Waals surface area contributed by atoms with E-state index in [0.29, 0.717) is 24.3 Å². The largest absolute Gasteiger partial charge is 0.497 e. The molecule has 0 radical (unpaired) electrons. The van der Waals surface area contributed by atoms with Crippen molar-refractivity contribution in [2.45, 2.75) is 25.2 Å². The number of amides is 2. The van der Waals surface area contributed by atoms with Crippen molar-refractivity contribution in [2.24, 2.45) is 0 Å². The van der Waals surface area contributed by atoms with Gasteiger partial charge >= 0.3 is 0 Å². The van der Waals surface area contributed by atoms with Crippen LogP contribution in [-0.4, -0.2) is 73.1 Å². The van der Waals surface area contributed by atoms with E-state index in [4.69, 9.17) is 4.74 Å². The number of ether oxygens (including phenoxy) is 1. The molecule has 0 aliphatic heterocycles. The Morgan fingerprint density at radius 1 is 1.00 bits per heavy atom. The molecule has 2 N–H and O–H groups in total. The zero-order chi connectivity index (χ0) is 24.5. The van der Waals surface area contributed by atoms with Crippen LogP contribution in [0.15, 0.2) is 41.3 Å². The first-order valence-electron chi connectivity index (χ1n) is 10.7.